The molecule has 1 aliphatic heterocycles. The third kappa shape index (κ3) is 3.33. The van der Waals surface area contributed by atoms with E-state index in [1.807, 2.05) is 12.3 Å². The Morgan fingerprint density at radius 3 is 2.73 bits per heavy atom. The molecule has 0 radical (unpaired) electrons. The molecule has 26 heavy (non-hydrogen) atoms. The van der Waals surface area contributed by atoms with E-state index in [-0.39, 0.29) is 0 Å². The zero-order valence-electron chi connectivity index (χ0n) is 15.8. The van der Waals surface area contributed by atoms with Crippen molar-refractivity contribution in [2.24, 2.45) is 5.92 Å². The van der Waals surface area contributed by atoms with Gasteiger partial charge in [0.1, 0.15) is 5.82 Å². The van der Waals surface area contributed by atoms with Crippen molar-refractivity contribution in [3.63, 3.8) is 0 Å². The molecule has 0 spiro atoms. The Kier molecular flexibility index (Phi) is 5.14. The Hall–Kier alpha value is -1.65. The van der Waals surface area contributed by atoms with Crippen LogP contribution in [0, 0.1) is 12.8 Å². The summed E-state index contributed by atoms with van der Waals surface area (Å²) in [5.74, 6) is 1.46. The minimum atomic E-state index is -0.649. The summed E-state index contributed by atoms with van der Waals surface area (Å²) in [6.45, 7) is 5.21. The van der Waals surface area contributed by atoms with Gasteiger partial charge >= 0.3 is 0 Å². The van der Waals surface area contributed by atoms with Crippen LogP contribution in [-0.4, -0.2) is 38.7 Å². The van der Waals surface area contributed by atoms with Gasteiger partial charge in [0, 0.05) is 44.0 Å². The molecule has 2 heterocycles. The van der Waals surface area contributed by atoms with E-state index in [0.717, 1.165) is 50.3 Å². The minimum absolute atomic E-state index is 0.363. The Morgan fingerprint density at radius 2 is 1.96 bits per heavy atom. The van der Waals surface area contributed by atoms with E-state index in [1.165, 1.54) is 19.3 Å². The van der Waals surface area contributed by atoms with Gasteiger partial charge in [-0.25, -0.2) is 4.98 Å². The molecule has 2 fully saturated rings. The van der Waals surface area contributed by atoms with Crippen LogP contribution in [0.5, 0.6) is 0 Å². The van der Waals surface area contributed by atoms with Crippen molar-refractivity contribution < 1.29 is 5.11 Å². The molecule has 1 saturated heterocycles. The number of likely N-dealkylation sites (tertiary alicyclic amines) is 1. The van der Waals surface area contributed by atoms with E-state index < -0.39 is 5.60 Å². The van der Waals surface area contributed by atoms with Gasteiger partial charge in [-0.05, 0) is 38.2 Å². The summed E-state index contributed by atoms with van der Waals surface area (Å²) in [4.78, 5) is 6.98. The highest BCUT2D eigenvalue weighted by Crippen LogP contribution is 2.46. The fourth-order valence-electron chi connectivity index (χ4n) is 5.22. The third-order valence-electron chi connectivity index (χ3n) is 6.63. The van der Waals surface area contributed by atoms with Crippen LogP contribution in [0.4, 0.5) is 0 Å². The zero-order chi connectivity index (χ0) is 18.0. The summed E-state index contributed by atoms with van der Waals surface area (Å²) in [7, 11) is 0. The van der Waals surface area contributed by atoms with E-state index >= 15 is 0 Å². The number of aromatic nitrogens is 2. The summed E-state index contributed by atoms with van der Waals surface area (Å²) < 4.78 is 2.24. The second kappa shape index (κ2) is 7.53. The van der Waals surface area contributed by atoms with E-state index in [1.54, 1.807) is 0 Å². The van der Waals surface area contributed by atoms with Crippen molar-refractivity contribution in [3.05, 3.63) is 54.1 Å². The van der Waals surface area contributed by atoms with E-state index in [4.69, 9.17) is 0 Å². The molecule has 2 aromatic rings. The SMILES string of the molecule is Cc1nccn1CCCN1CC[C@@](O)(c2ccccc2)[C@H]2CCCC[C@@H]21. The maximum absolute atomic E-state index is 11.6. The molecule has 140 valence electrons. The van der Waals surface area contributed by atoms with E-state index in [9.17, 15) is 5.11 Å². The number of imidazole rings is 1. The maximum atomic E-state index is 11.6. The average molecular weight is 354 g/mol. The van der Waals surface area contributed by atoms with Crippen LogP contribution in [0.15, 0.2) is 42.7 Å². The highest BCUT2D eigenvalue weighted by atomic mass is 16.3. The molecule has 2 aliphatic rings. The first-order valence-electron chi connectivity index (χ1n) is 10.2. The Morgan fingerprint density at radius 1 is 1.15 bits per heavy atom. The van der Waals surface area contributed by atoms with Gasteiger partial charge in [-0.3, -0.25) is 4.90 Å². The van der Waals surface area contributed by atoms with Crippen LogP contribution in [0.1, 0.15) is 49.9 Å². The fraction of sp³-hybridized carbons (Fsp3) is 0.591. The number of hydrogen-bond acceptors (Lipinski definition) is 3. The van der Waals surface area contributed by atoms with Gasteiger partial charge in [-0.2, -0.15) is 0 Å². The van der Waals surface area contributed by atoms with Crippen molar-refractivity contribution >= 4 is 0 Å². The van der Waals surface area contributed by atoms with Crippen molar-refractivity contribution in [3.8, 4) is 0 Å². The molecule has 4 rings (SSSR count). The summed E-state index contributed by atoms with van der Waals surface area (Å²) in [6, 6.07) is 10.9. The van der Waals surface area contributed by atoms with Crippen LogP contribution in [-0.2, 0) is 12.1 Å². The molecule has 0 bridgehead atoms. The molecule has 1 aromatic carbocycles. The first kappa shape index (κ1) is 17.7. The Balaban J connectivity index is 1.45. The first-order chi connectivity index (χ1) is 12.7. The largest absolute Gasteiger partial charge is 0.385 e. The van der Waals surface area contributed by atoms with Gasteiger partial charge in [-0.15, -0.1) is 0 Å². The summed E-state index contributed by atoms with van der Waals surface area (Å²) >= 11 is 0. The van der Waals surface area contributed by atoms with Crippen molar-refractivity contribution in [2.45, 2.75) is 63.6 Å². The number of benzene rings is 1. The number of hydrogen-bond donors (Lipinski definition) is 1. The van der Waals surface area contributed by atoms with Crippen LogP contribution in [0.3, 0.4) is 0 Å². The van der Waals surface area contributed by atoms with Crippen LogP contribution in [0.25, 0.3) is 0 Å². The predicted molar refractivity (Wildman–Crippen MR) is 104 cm³/mol. The lowest BCUT2D eigenvalue weighted by Crippen LogP contribution is -2.57. The molecular formula is C22H31N3O. The summed E-state index contributed by atoms with van der Waals surface area (Å²) in [6.07, 6.45) is 10.9. The number of rotatable bonds is 5. The number of aryl methyl sites for hydroxylation is 2. The highest BCUT2D eigenvalue weighted by molar-refractivity contribution is 5.25. The molecule has 1 aromatic heterocycles. The topological polar surface area (TPSA) is 41.3 Å². The molecule has 1 N–H and O–H groups in total. The van der Waals surface area contributed by atoms with Crippen molar-refractivity contribution in [2.75, 3.05) is 13.1 Å². The minimum Gasteiger partial charge on any atom is -0.385 e. The Labute approximate surface area is 156 Å². The molecule has 1 saturated carbocycles. The second-order valence-electron chi connectivity index (χ2n) is 8.06. The normalized spacial score (nSPS) is 29.5. The van der Waals surface area contributed by atoms with E-state index in [0.29, 0.717) is 12.0 Å². The lowest BCUT2D eigenvalue weighted by Gasteiger charge is -2.52. The summed E-state index contributed by atoms with van der Waals surface area (Å²) in [5, 5.41) is 11.6. The number of fused-ring (bicyclic) bond motifs is 1. The van der Waals surface area contributed by atoms with Gasteiger partial charge < -0.3 is 9.67 Å². The van der Waals surface area contributed by atoms with Gasteiger partial charge in [0.2, 0.25) is 0 Å². The smallest absolute Gasteiger partial charge is 0.105 e. The molecule has 1 aliphatic carbocycles. The molecular weight excluding hydrogens is 322 g/mol. The van der Waals surface area contributed by atoms with Crippen molar-refractivity contribution in [1.82, 2.24) is 14.5 Å². The number of nitrogens with zero attached hydrogens (tertiary/aromatic N) is 3. The Bertz CT molecular complexity index is 713. The monoisotopic (exact) mass is 353 g/mol. The third-order valence-corrected chi connectivity index (χ3v) is 6.63. The summed E-state index contributed by atoms with van der Waals surface area (Å²) in [5.41, 5.74) is 0.467. The number of aliphatic hydroxyl groups is 1. The second-order valence-corrected chi connectivity index (χ2v) is 8.06. The molecule has 3 atom stereocenters. The lowest BCUT2D eigenvalue weighted by atomic mass is 9.66. The number of piperidine rings is 1. The van der Waals surface area contributed by atoms with Crippen LogP contribution < -0.4 is 0 Å². The van der Waals surface area contributed by atoms with Gasteiger partial charge in [-0.1, -0.05) is 43.2 Å². The fourth-order valence-corrected chi connectivity index (χ4v) is 5.22. The molecule has 0 amide bonds. The lowest BCUT2D eigenvalue weighted by molar-refractivity contribution is -0.121. The van der Waals surface area contributed by atoms with Gasteiger partial charge in [0.05, 0.1) is 5.60 Å². The average Bonchev–Trinajstić information content (AvgIpc) is 3.09. The maximum Gasteiger partial charge on any atom is 0.105 e. The van der Waals surface area contributed by atoms with Crippen LogP contribution >= 0.6 is 0 Å². The van der Waals surface area contributed by atoms with Gasteiger partial charge in [0.15, 0.2) is 0 Å². The quantitative estimate of drug-likeness (QED) is 0.890. The standard InChI is InChI=1S/C22H31N3O/c1-18-23-13-17-24(18)14-7-15-25-16-12-22(26,19-8-3-2-4-9-19)20-10-5-6-11-21(20)25/h2-4,8-9,13,17,20-21,26H,5-7,10-12,14-16H2,1H3/t20-,21-,22+/m0/s1. The molecule has 0 unspecified atom stereocenters. The van der Waals surface area contributed by atoms with Crippen molar-refractivity contribution in [1.29, 1.82) is 0 Å². The predicted octanol–water partition coefficient (Wildman–Crippen LogP) is 3.73. The van der Waals surface area contributed by atoms with E-state index in [2.05, 4.69) is 51.8 Å². The van der Waals surface area contributed by atoms with Gasteiger partial charge in [0.25, 0.3) is 0 Å². The zero-order valence-corrected chi connectivity index (χ0v) is 15.8. The first-order valence-corrected chi connectivity index (χ1v) is 10.2. The molecule has 4 nitrogen and oxygen atoms in total. The van der Waals surface area contributed by atoms with Crippen LogP contribution in [0.2, 0.25) is 0 Å². The highest BCUT2D eigenvalue weighted by Gasteiger charge is 2.48. The molecule has 4 heteroatoms.